The first kappa shape index (κ1) is 14.5. The molecule has 19 heavy (non-hydrogen) atoms. The lowest BCUT2D eigenvalue weighted by Crippen LogP contribution is -2.61. The van der Waals surface area contributed by atoms with Gasteiger partial charge in [0.1, 0.15) is 11.7 Å². The molecule has 106 valence electrons. The molecule has 0 aromatic heterocycles. The standard InChI is InChI=1S/C16H24O3/c1-10(2)6-7-12-13(17)14(18)16(11(3)4)9-8-15(12,5)19-16/h8-9,11-12,14,18H,1,6-7H2,2-5H3/t12-,14-,15-,16-/m1/s1. The number of allylic oxidation sites excluding steroid dienone is 1. The molecule has 0 unspecified atom stereocenters. The second kappa shape index (κ2) is 4.57. The van der Waals surface area contributed by atoms with E-state index in [1.54, 1.807) is 0 Å². The number of Topliss-reactive ketones (excluding diaryl/α,β-unsaturated/α-hetero) is 1. The maximum absolute atomic E-state index is 12.5. The van der Waals surface area contributed by atoms with E-state index in [-0.39, 0.29) is 17.6 Å². The zero-order valence-corrected chi connectivity index (χ0v) is 12.3. The summed E-state index contributed by atoms with van der Waals surface area (Å²) in [5.41, 5.74) is -0.379. The summed E-state index contributed by atoms with van der Waals surface area (Å²) >= 11 is 0. The fourth-order valence-corrected chi connectivity index (χ4v) is 3.22. The highest BCUT2D eigenvalue weighted by atomic mass is 16.5. The molecule has 2 heterocycles. The lowest BCUT2D eigenvalue weighted by molar-refractivity contribution is -0.211. The summed E-state index contributed by atoms with van der Waals surface area (Å²) < 4.78 is 6.15. The second-order valence-electron chi connectivity index (χ2n) is 6.48. The Morgan fingerprint density at radius 3 is 2.68 bits per heavy atom. The number of hydrogen-bond acceptors (Lipinski definition) is 3. The molecule has 2 aliphatic rings. The third-order valence-corrected chi connectivity index (χ3v) is 4.57. The Kier molecular flexibility index (Phi) is 3.48. The molecule has 1 fully saturated rings. The highest BCUT2D eigenvalue weighted by Crippen LogP contribution is 2.49. The van der Waals surface area contributed by atoms with Gasteiger partial charge in [-0.1, -0.05) is 31.6 Å². The Bertz CT molecular complexity index is 437. The minimum absolute atomic E-state index is 0.0617. The van der Waals surface area contributed by atoms with Crippen LogP contribution < -0.4 is 0 Å². The molecule has 0 aromatic rings. The molecule has 4 atom stereocenters. The van der Waals surface area contributed by atoms with Crippen molar-refractivity contribution in [3.05, 3.63) is 24.3 Å². The van der Waals surface area contributed by atoms with Gasteiger partial charge in [-0.25, -0.2) is 0 Å². The first-order valence-corrected chi connectivity index (χ1v) is 6.99. The van der Waals surface area contributed by atoms with E-state index >= 15 is 0 Å². The summed E-state index contributed by atoms with van der Waals surface area (Å²) in [7, 11) is 0. The molecule has 1 saturated heterocycles. The molecule has 0 saturated carbocycles. The van der Waals surface area contributed by atoms with Gasteiger partial charge in [-0.2, -0.15) is 0 Å². The third-order valence-electron chi connectivity index (χ3n) is 4.57. The number of carbonyl (C=O) groups is 1. The maximum Gasteiger partial charge on any atom is 0.170 e. The van der Waals surface area contributed by atoms with Crippen LogP contribution in [-0.2, 0) is 9.53 Å². The summed E-state index contributed by atoms with van der Waals surface area (Å²) in [6.45, 7) is 11.7. The molecule has 3 heteroatoms. The van der Waals surface area contributed by atoms with E-state index in [0.29, 0.717) is 6.42 Å². The van der Waals surface area contributed by atoms with Crippen LogP contribution in [0.2, 0.25) is 0 Å². The Morgan fingerprint density at radius 1 is 1.53 bits per heavy atom. The lowest BCUT2D eigenvalue weighted by Gasteiger charge is -2.47. The van der Waals surface area contributed by atoms with Crippen LogP contribution in [0.4, 0.5) is 0 Å². The Hall–Kier alpha value is -0.930. The van der Waals surface area contributed by atoms with Crippen molar-refractivity contribution in [2.24, 2.45) is 11.8 Å². The van der Waals surface area contributed by atoms with Crippen LogP contribution >= 0.6 is 0 Å². The number of aliphatic hydroxyl groups excluding tert-OH is 1. The van der Waals surface area contributed by atoms with Gasteiger partial charge in [0.25, 0.3) is 0 Å². The quantitative estimate of drug-likeness (QED) is 0.794. The fraction of sp³-hybridized carbons (Fsp3) is 0.688. The van der Waals surface area contributed by atoms with Gasteiger partial charge in [-0.15, -0.1) is 6.58 Å². The van der Waals surface area contributed by atoms with E-state index in [4.69, 9.17) is 4.74 Å². The first-order chi connectivity index (χ1) is 8.73. The van der Waals surface area contributed by atoms with Crippen LogP contribution in [0.1, 0.15) is 40.5 Å². The van der Waals surface area contributed by atoms with Gasteiger partial charge in [-0.05, 0) is 32.6 Å². The SMILES string of the molecule is C=C(C)CC[C@@H]1C(=O)[C@@H](O)[C@]2(C(C)C)C=C[C@@]1(C)O2. The molecular weight excluding hydrogens is 240 g/mol. The largest absolute Gasteiger partial charge is 0.382 e. The second-order valence-corrected chi connectivity index (χ2v) is 6.48. The molecule has 0 radical (unpaired) electrons. The van der Waals surface area contributed by atoms with Gasteiger partial charge in [-0.3, -0.25) is 4.79 Å². The predicted molar refractivity (Wildman–Crippen MR) is 74.8 cm³/mol. The molecule has 2 aliphatic heterocycles. The average Bonchev–Trinajstić information content (AvgIpc) is 2.64. The highest BCUT2D eigenvalue weighted by Gasteiger charge is 2.60. The molecule has 2 rings (SSSR count). The third kappa shape index (κ3) is 2.09. The molecule has 2 bridgehead atoms. The number of hydrogen-bond donors (Lipinski definition) is 1. The van der Waals surface area contributed by atoms with Crippen LogP contribution in [0.25, 0.3) is 0 Å². The monoisotopic (exact) mass is 264 g/mol. The normalized spacial score (nSPS) is 41.1. The number of aliphatic hydroxyl groups is 1. The van der Waals surface area contributed by atoms with Gasteiger partial charge >= 0.3 is 0 Å². The summed E-state index contributed by atoms with van der Waals surface area (Å²) in [6, 6.07) is 0. The lowest BCUT2D eigenvalue weighted by atomic mass is 9.74. The van der Waals surface area contributed by atoms with Gasteiger partial charge in [0.2, 0.25) is 0 Å². The van der Waals surface area contributed by atoms with Crippen molar-refractivity contribution in [3.8, 4) is 0 Å². The van der Waals surface area contributed by atoms with E-state index in [0.717, 1.165) is 12.0 Å². The number of ether oxygens (including phenoxy) is 1. The summed E-state index contributed by atoms with van der Waals surface area (Å²) in [4.78, 5) is 12.5. The van der Waals surface area contributed by atoms with Crippen LogP contribution in [0, 0.1) is 11.8 Å². The van der Waals surface area contributed by atoms with Crippen LogP contribution in [0.5, 0.6) is 0 Å². The number of fused-ring (bicyclic) bond motifs is 2. The van der Waals surface area contributed by atoms with Crippen LogP contribution in [-0.4, -0.2) is 28.2 Å². The van der Waals surface area contributed by atoms with Gasteiger partial charge < -0.3 is 9.84 Å². The average molecular weight is 264 g/mol. The predicted octanol–water partition coefficient (Wildman–Crippen LogP) is 2.64. The van der Waals surface area contributed by atoms with Crippen molar-refractivity contribution in [3.63, 3.8) is 0 Å². The highest BCUT2D eigenvalue weighted by molar-refractivity contribution is 5.90. The molecule has 0 spiro atoms. The first-order valence-electron chi connectivity index (χ1n) is 6.99. The maximum atomic E-state index is 12.5. The molecular formula is C16H24O3. The van der Waals surface area contributed by atoms with Gasteiger partial charge in [0.15, 0.2) is 5.78 Å². The van der Waals surface area contributed by atoms with E-state index < -0.39 is 17.3 Å². The number of rotatable bonds is 4. The van der Waals surface area contributed by atoms with E-state index in [2.05, 4.69) is 6.58 Å². The Labute approximate surface area is 115 Å². The van der Waals surface area contributed by atoms with Crippen molar-refractivity contribution in [2.45, 2.75) is 57.8 Å². The van der Waals surface area contributed by atoms with Crippen molar-refractivity contribution in [1.82, 2.24) is 0 Å². The van der Waals surface area contributed by atoms with Crippen molar-refractivity contribution in [1.29, 1.82) is 0 Å². The van der Waals surface area contributed by atoms with E-state index in [1.807, 2.05) is 39.8 Å². The number of carbonyl (C=O) groups excluding carboxylic acids is 1. The van der Waals surface area contributed by atoms with Crippen molar-refractivity contribution >= 4 is 5.78 Å². The smallest absolute Gasteiger partial charge is 0.170 e. The summed E-state index contributed by atoms with van der Waals surface area (Å²) in [5.74, 6) is -0.315. The van der Waals surface area contributed by atoms with Gasteiger partial charge in [0.05, 0.1) is 11.5 Å². The fourth-order valence-electron chi connectivity index (χ4n) is 3.22. The van der Waals surface area contributed by atoms with Gasteiger partial charge in [0, 0.05) is 0 Å². The summed E-state index contributed by atoms with van der Waals surface area (Å²) in [5, 5.41) is 10.4. The number of ketones is 1. The zero-order chi connectivity index (χ0) is 14.4. The zero-order valence-electron chi connectivity index (χ0n) is 12.3. The molecule has 0 aromatic carbocycles. The molecule has 3 nitrogen and oxygen atoms in total. The van der Waals surface area contributed by atoms with Crippen LogP contribution in [0.3, 0.4) is 0 Å². The molecule has 1 N–H and O–H groups in total. The van der Waals surface area contributed by atoms with Crippen molar-refractivity contribution in [2.75, 3.05) is 0 Å². The Morgan fingerprint density at radius 2 is 2.16 bits per heavy atom. The molecule has 0 amide bonds. The van der Waals surface area contributed by atoms with E-state index in [1.165, 1.54) is 0 Å². The van der Waals surface area contributed by atoms with Crippen LogP contribution in [0.15, 0.2) is 24.3 Å². The minimum atomic E-state index is -1.06. The van der Waals surface area contributed by atoms with Crippen molar-refractivity contribution < 1.29 is 14.6 Å². The minimum Gasteiger partial charge on any atom is -0.382 e. The topological polar surface area (TPSA) is 46.5 Å². The Balaban J connectivity index is 2.30. The van der Waals surface area contributed by atoms with E-state index in [9.17, 15) is 9.90 Å². The summed E-state index contributed by atoms with van der Waals surface area (Å²) in [6.07, 6.45) is 4.25. The molecule has 0 aliphatic carbocycles.